The summed E-state index contributed by atoms with van der Waals surface area (Å²) in [5.74, 6) is -1.05. The molecule has 106 valence electrons. The minimum Gasteiger partial charge on any atom is -0.478 e. The highest BCUT2D eigenvalue weighted by Crippen LogP contribution is 2.28. The summed E-state index contributed by atoms with van der Waals surface area (Å²) in [6.45, 7) is 1.89. The van der Waals surface area contributed by atoms with E-state index < -0.39 is 5.97 Å². The van der Waals surface area contributed by atoms with E-state index in [1.54, 1.807) is 24.1 Å². The molecule has 3 heterocycles. The molecule has 0 aromatic carbocycles. The summed E-state index contributed by atoms with van der Waals surface area (Å²) in [6.07, 6.45) is 4.58. The van der Waals surface area contributed by atoms with Crippen molar-refractivity contribution in [2.75, 3.05) is 5.32 Å². The van der Waals surface area contributed by atoms with Gasteiger partial charge in [-0.1, -0.05) is 0 Å². The second-order valence-corrected chi connectivity index (χ2v) is 4.67. The molecule has 3 aromatic heterocycles. The van der Waals surface area contributed by atoms with Gasteiger partial charge in [-0.3, -0.25) is 9.67 Å². The molecule has 7 heteroatoms. The summed E-state index contributed by atoms with van der Waals surface area (Å²) in [5.41, 5.74) is 2.77. The van der Waals surface area contributed by atoms with Gasteiger partial charge in [0, 0.05) is 18.9 Å². The molecule has 0 saturated carbocycles. The van der Waals surface area contributed by atoms with Crippen LogP contribution in [0.5, 0.6) is 0 Å². The average molecular weight is 283 g/mol. The van der Waals surface area contributed by atoms with Crippen molar-refractivity contribution in [2.45, 2.75) is 6.92 Å². The van der Waals surface area contributed by atoms with Gasteiger partial charge in [0.1, 0.15) is 5.56 Å². The summed E-state index contributed by atoms with van der Waals surface area (Å²) >= 11 is 0. The smallest absolute Gasteiger partial charge is 0.339 e. The van der Waals surface area contributed by atoms with Crippen LogP contribution in [0.15, 0.2) is 30.7 Å². The van der Waals surface area contributed by atoms with Crippen molar-refractivity contribution in [3.63, 3.8) is 0 Å². The van der Waals surface area contributed by atoms with Crippen LogP contribution in [-0.4, -0.2) is 30.8 Å². The first kappa shape index (κ1) is 13.0. The zero-order valence-electron chi connectivity index (χ0n) is 11.5. The monoisotopic (exact) mass is 283 g/mol. The van der Waals surface area contributed by atoms with Crippen molar-refractivity contribution in [1.29, 1.82) is 0 Å². The Morgan fingerprint density at radius 2 is 2.05 bits per heavy atom. The van der Waals surface area contributed by atoms with Crippen molar-refractivity contribution in [2.24, 2.45) is 7.05 Å². The van der Waals surface area contributed by atoms with Crippen LogP contribution in [0.3, 0.4) is 0 Å². The van der Waals surface area contributed by atoms with Gasteiger partial charge in [0.25, 0.3) is 0 Å². The van der Waals surface area contributed by atoms with Crippen LogP contribution in [0, 0.1) is 6.92 Å². The molecule has 0 saturated heterocycles. The Kier molecular flexibility index (Phi) is 3.02. The molecule has 0 radical (unpaired) electrons. The minimum atomic E-state index is -1.05. The molecule has 0 aliphatic heterocycles. The van der Waals surface area contributed by atoms with E-state index in [1.807, 2.05) is 19.1 Å². The molecule has 7 nitrogen and oxygen atoms in total. The summed E-state index contributed by atoms with van der Waals surface area (Å²) < 4.78 is 1.60. The predicted octanol–water partition coefficient (Wildman–Crippen LogP) is 2.11. The van der Waals surface area contributed by atoms with E-state index >= 15 is 0 Å². The number of anilines is 2. The van der Waals surface area contributed by atoms with Crippen LogP contribution in [-0.2, 0) is 7.05 Å². The molecule has 0 amide bonds. The fourth-order valence-electron chi connectivity index (χ4n) is 2.08. The number of aromatic nitrogens is 4. The first-order valence-corrected chi connectivity index (χ1v) is 6.30. The summed E-state index contributed by atoms with van der Waals surface area (Å²) in [5, 5.41) is 17.2. The second kappa shape index (κ2) is 4.86. The number of nitrogens with zero attached hydrogens (tertiary/aromatic N) is 4. The van der Waals surface area contributed by atoms with Crippen LogP contribution >= 0.6 is 0 Å². The van der Waals surface area contributed by atoms with Crippen molar-refractivity contribution >= 4 is 28.4 Å². The number of aromatic carboxylic acids is 1. The van der Waals surface area contributed by atoms with Gasteiger partial charge in [-0.25, -0.2) is 9.78 Å². The maximum absolute atomic E-state index is 11.4. The van der Waals surface area contributed by atoms with Gasteiger partial charge in [0.2, 0.25) is 0 Å². The van der Waals surface area contributed by atoms with Crippen LogP contribution in [0.1, 0.15) is 16.1 Å². The van der Waals surface area contributed by atoms with Crippen LogP contribution in [0.4, 0.5) is 11.4 Å². The number of hydrogen-bond donors (Lipinski definition) is 2. The van der Waals surface area contributed by atoms with Gasteiger partial charge >= 0.3 is 5.97 Å². The number of carboxylic acid groups (broad SMARTS) is 1. The number of carbonyl (C=O) groups is 1. The van der Waals surface area contributed by atoms with Gasteiger partial charge < -0.3 is 10.4 Å². The lowest BCUT2D eigenvalue weighted by atomic mass is 10.1. The first-order valence-electron chi connectivity index (χ1n) is 6.30. The van der Waals surface area contributed by atoms with Crippen LogP contribution < -0.4 is 5.32 Å². The van der Waals surface area contributed by atoms with Crippen molar-refractivity contribution < 1.29 is 9.90 Å². The Labute approximate surface area is 120 Å². The number of nitrogens with one attached hydrogen (secondary N) is 1. The van der Waals surface area contributed by atoms with Crippen LogP contribution in [0.25, 0.3) is 11.0 Å². The third-order valence-corrected chi connectivity index (χ3v) is 3.17. The molecular weight excluding hydrogens is 270 g/mol. The minimum absolute atomic E-state index is 0.0936. The lowest BCUT2D eigenvalue weighted by molar-refractivity contribution is 0.0697. The Hall–Kier alpha value is -2.96. The fourth-order valence-corrected chi connectivity index (χ4v) is 2.08. The Morgan fingerprint density at radius 3 is 2.71 bits per heavy atom. The second-order valence-electron chi connectivity index (χ2n) is 4.67. The van der Waals surface area contributed by atoms with Crippen molar-refractivity contribution in [3.05, 3.63) is 42.0 Å². The summed E-state index contributed by atoms with van der Waals surface area (Å²) in [6, 6.07) is 3.70. The average Bonchev–Trinajstić information content (AvgIpc) is 2.83. The normalized spacial score (nSPS) is 10.8. The zero-order valence-corrected chi connectivity index (χ0v) is 11.5. The predicted molar refractivity (Wildman–Crippen MR) is 77.7 cm³/mol. The van der Waals surface area contributed by atoms with E-state index in [0.717, 1.165) is 5.69 Å². The fraction of sp³-hybridized carbons (Fsp3) is 0.143. The lowest BCUT2D eigenvalue weighted by Gasteiger charge is -2.10. The van der Waals surface area contributed by atoms with Crippen molar-refractivity contribution in [1.82, 2.24) is 19.7 Å². The Bertz CT molecular complexity index is 823. The maximum Gasteiger partial charge on any atom is 0.339 e. The molecule has 0 fully saturated rings. The molecule has 0 bridgehead atoms. The molecule has 0 atom stereocenters. The molecular formula is C14H13N5O2. The third-order valence-electron chi connectivity index (χ3n) is 3.17. The van der Waals surface area contributed by atoms with Gasteiger partial charge in [-0.2, -0.15) is 5.10 Å². The first-order chi connectivity index (χ1) is 10.1. The molecule has 0 aliphatic carbocycles. The number of aryl methyl sites for hydroxylation is 2. The van der Waals surface area contributed by atoms with E-state index in [1.165, 1.54) is 6.20 Å². The van der Waals surface area contributed by atoms with Crippen molar-refractivity contribution in [3.8, 4) is 0 Å². The van der Waals surface area contributed by atoms with E-state index in [9.17, 15) is 9.90 Å². The number of fused-ring (bicyclic) bond motifs is 1. The van der Waals surface area contributed by atoms with Gasteiger partial charge in [0.15, 0.2) is 5.65 Å². The van der Waals surface area contributed by atoms with Gasteiger partial charge in [-0.15, -0.1) is 0 Å². The maximum atomic E-state index is 11.4. The molecule has 0 aliphatic rings. The number of rotatable bonds is 3. The van der Waals surface area contributed by atoms with Crippen LogP contribution in [0.2, 0.25) is 0 Å². The number of hydrogen-bond acceptors (Lipinski definition) is 5. The highest BCUT2D eigenvalue weighted by Gasteiger charge is 2.17. The molecule has 3 aromatic rings. The van der Waals surface area contributed by atoms with Gasteiger partial charge in [0.05, 0.1) is 29.2 Å². The molecule has 0 unspecified atom stereocenters. The molecule has 3 rings (SSSR count). The largest absolute Gasteiger partial charge is 0.478 e. The van der Waals surface area contributed by atoms with E-state index in [2.05, 4.69) is 20.4 Å². The highest BCUT2D eigenvalue weighted by atomic mass is 16.4. The van der Waals surface area contributed by atoms with Gasteiger partial charge in [-0.05, 0) is 19.1 Å². The summed E-state index contributed by atoms with van der Waals surface area (Å²) in [4.78, 5) is 19.7. The summed E-state index contributed by atoms with van der Waals surface area (Å²) in [7, 11) is 1.76. The molecule has 2 N–H and O–H groups in total. The SMILES string of the molecule is Cc1ccc(Nc2c(C(=O)O)cnc3c2cnn3C)cn1. The Morgan fingerprint density at radius 1 is 1.24 bits per heavy atom. The lowest BCUT2D eigenvalue weighted by Crippen LogP contribution is -2.05. The Balaban J connectivity index is 2.16. The quantitative estimate of drug-likeness (QED) is 0.764. The molecule has 21 heavy (non-hydrogen) atoms. The standard InChI is InChI=1S/C14H13N5O2/c1-8-3-4-9(5-15-8)18-12-10-7-17-19(2)13(10)16-6-11(12)14(20)21/h3-7H,1-2H3,(H,16,18)(H,20,21). The van der Waals surface area contributed by atoms with E-state index in [0.29, 0.717) is 22.4 Å². The van der Waals surface area contributed by atoms with E-state index in [4.69, 9.17) is 0 Å². The molecule has 0 spiro atoms. The topological polar surface area (TPSA) is 92.9 Å². The third kappa shape index (κ3) is 2.29. The highest BCUT2D eigenvalue weighted by molar-refractivity contribution is 6.04. The number of pyridine rings is 2. The number of carboxylic acids is 1. The zero-order chi connectivity index (χ0) is 15.0. The van der Waals surface area contributed by atoms with E-state index in [-0.39, 0.29) is 5.56 Å².